The van der Waals surface area contributed by atoms with Gasteiger partial charge >= 0.3 is 0 Å². The molecule has 0 saturated carbocycles. The van der Waals surface area contributed by atoms with E-state index in [2.05, 4.69) is 0 Å². The first-order valence-corrected chi connectivity index (χ1v) is 11.9. The molecule has 2 aromatic heterocycles. The molecule has 0 fully saturated rings. The first-order valence-electron chi connectivity index (χ1n) is 10.5. The summed E-state index contributed by atoms with van der Waals surface area (Å²) in [7, 11) is -3.94. The third-order valence-electron chi connectivity index (χ3n) is 5.75. The molecular formula is C26H22N2O4S. The first-order chi connectivity index (χ1) is 15.9. The summed E-state index contributed by atoms with van der Waals surface area (Å²) in [5.74, 6) is 0.944. The molecule has 0 radical (unpaired) electrons. The average Bonchev–Trinajstić information content (AvgIpc) is 3.37. The molecular weight excluding hydrogens is 436 g/mol. The highest BCUT2D eigenvalue weighted by atomic mass is 32.2. The van der Waals surface area contributed by atoms with Crippen molar-refractivity contribution in [3.8, 4) is 22.8 Å². The summed E-state index contributed by atoms with van der Waals surface area (Å²) in [6, 6.07) is 23.1. The smallest absolute Gasteiger partial charge is 0.268 e. The van der Waals surface area contributed by atoms with Gasteiger partial charge in [0.1, 0.15) is 11.5 Å². The van der Waals surface area contributed by atoms with E-state index in [0.29, 0.717) is 34.1 Å². The van der Waals surface area contributed by atoms with Crippen LogP contribution in [-0.2, 0) is 16.6 Å². The zero-order chi connectivity index (χ0) is 23.2. The van der Waals surface area contributed by atoms with Gasteiger partial charge in [-0.2, -0.15) is 0 Å². The summed E-state index contributed by atoms with van der Waals surface area (Å²) in [6.07, 6.45) is 0. The molecule has 0 atom stereocenters. The van der Waals surface area contributed by atoms with E-state index in [1.165, 1.54) is 3.97 Å². The third-order valence-corrected chi connectivity index (χ3v) is 7.48. The summed E-state index contributed by atoms with van der Waals surface area (Å²) in [5.41, 5.74) is 3.69. The fourth-order valence-corrected chi connectivity index (χ4v) is 5.69. The third kappa shape index (κ3) is 3.46. The number of aryl methyl sites for hydroxylation is 2. The minimum absolute atomic E-state index is 0.136. The van der Waals surface area contributed by atoms with Crippen LogP contribution in [0.25, 0.3) is 33.7 Å². The molecule has 0 spiro atoms. The van der Waals surface area contributed by atoms with E-state index in [0.717, 1.165) is 16.5 Å². The van der Waals surface area contributed by atoms with Crippen molar-refractivity contribution in [1.29, 1.82) is 0 Å². The number of fused-ring (bicyclic) bond motifs is 1. The molecule has 5 aromatic rings. The molecule has 0 aliphatic rings. The Morgan fingerprint density at radius 2 is 1.61 bits per heavy atom. The Morgan fingerprint density at radius 3 is 2.27 bits per heavy atom. The summed E-state index contributed by atoms with van der Waals surface area (Å²) >= 11 is 0. The Bertz CT molecular complexity index is 1570. The average molecular weight is 459 g/mol. The van der Waals surface area contributed by atoms with Crippen molar-refractivity contribution >= 4 is 20.9 Å². The van der Waals surface area contributed by atoms with Gasteiger partial charge in [0.2, 0.25) is 5.89 Å². The maximum Gasteiger partial charge on any atom is 0.268 e. The van der Waals surface area contributed by atoms with Crippen molar-refractivity contribution in [3.05, 3.63) is 95.7 Å². The first kappa shape index (κ1) is 21.2. The van der Waals surface area contributed by atoms with Crippen molar-refractivity contribution in [2.45, 2.75) is 25.3 Å². The number of nitrogens with zero attached hydrogens (tertiary/aromatic N) is 2. The number of aliphatic hydroxyl groups excluding tert-OH is 1. The standard InChI is InChI=1S/C26H22N2O4S/c1-17-22-15-19(16-29)13-14-23(22)28(33(30,31)21-11-7-4-8-12-21)25(17)24-18(2)32-26(27-24)20-9-5-3-6-10-20/h3-15,29H,16H2,1-2H3. The number of rotatable bonds is 5. The van der Waals surface area contributed by atoms with Crippen LogP contribution >= 0.6 is 0 Å². The van der Waals surface area contributed by atoms with E-state index in [1.54, 1.807) is 49.4 Å². The second-order valence-electron chi connectivity index (χ2n) is 7.86. The SMILES string of the molecule is Cc1oc(-c2ccccc2)nc1-c1c(C)c2cc(CO)ccc2n1S(=O)(=O)c1ccccc1. The van der Waals surface area contributed by atoms with Crippen LogP contribution in [0.1, 0.15) is 16.9 Å². The van der Waals surface area contributed by atoms with Gasteiger partial charge < -0.3 is 9.52 Å². The van der Waals surface area contributed by atoms with Crippen molar-refractivity contribution < 1.29 is 17.9 Å². The van der Waals surface area contributed by atoms with Crippen molar-refractivity contribution in [2.24, 2.45) is 0 Å². The van der Waals surface area contributed by atoms with E-state index in [9.17, 15) is 13.5 Å². The number of oxazole rings is 1. The van der Waals surface area contributed by atoms with Gasteiger partial charge in [0.25, 0.3) is 10.0 Å². The lowest BCUT2D eigenvalue weighted by Gasteiger charge is -2.12. The molecule has 3 aromatic carbocycles. The maximum atomic E-state index is 13.9. The molecule has 6 nitrogen and oxygen atoms in total. The number of aromatic nitrogens is 2. The van der Waals surface area contributed by atoms with E-state index in [-0.39, 0.29) is 11.5 Å². The van der Waals surface area contributed by atoms with Gasteiger partial charge in [0.05, 0.1) is 22.7 Å². The van der Waals surface area contributed by atoms with Gasteiger partial charge in [0, 0.05) is 10.9 Å². The lowest BCUT2D eigenvalue weighted by molar-refractivity contribution is 0.282. The quantitative estimate of drug-likeness (QED) is 0.386. The minimum atomic E-state index is -3.94. The normalized spacial score (nSPS) is 11.8. The molecule has 1 N–H and O–H groups in total. The molecule has 0 amide bonds. The maximum absolute atomic E-state index is 13.9. The number of aliphatic hydroxyl groups is 1. The number of hydrogen-bond donors (Lipinski definition) is 1. The van der Waals surface area contributed by atoms with Gasteiger partial charge in [-0.25, -0.2) is 17.4 Å². The van der Waals surface area contributed by atoms with Crippen LogP contribution < -0.4 is 0 Å². The lowest BCUT2D eigenvalue weighted by atomic mass is 10.1. The molecule has 2 heterocycles. The van der Waals surface area contributed by atoms with Gasteiger partial charge in [-0.3, -0.25) is 0 Å². The Hall–Kier alpha value is -3.68. The highest BCUT2D eigenvalue weighted by molar-refractivity contribution is 7.90. The van der Waals surface area contributed by atoms with Crippen LogP contribution in [0.3, 0.4) is 0 Å². The summed E-state index contributed by atoms with van der Waals surface area (Å²) in [5, 5.41) is 10.4. The second kappa shape index (κ2) is 8.03. The Kier molecular flexibility index (Phi) is 5.15. The Labute approximate surface area is 191 Å². The van der Waals surface area contributed by atoms with Crippen LogP contribution in [0, 0.1) is 13.8 Å². The molecule has 0 saturated heterocycles. The number of benzene rings is 3. The summed E-state index contributed by atoms with van der Waals surface area (Å²) < 4.78 is 35.0. The Balaban J connectivity index is 1.84. The van der Waals surface area contributed by atoms with Crippen LogP contribution in [-0.4, -0.2) is 22.5 Å². The fraction of sp³-hybridized carbons (Fsp3) is 0.115. The van der Waals surface area contributed by atoms with E-state index in [4.69, 9.17) is 9.40 Å². The molecule has 0 aliphatic carbocycles. The zero-order valence-corrected chi connectivity index (χ0v) is 19.0. The second-order valence-corrected chi connectivity index (χ2v) is 9.64. The molecule has 5 rings (SSSR count). The van der Waals surface area contributed by atoms with Crippen LogP contribution in [0.5, 0.6) is 0 Å². The van der Waals surface area contributed by atoms with Crippen molar-refractivity contribution in [1.82, 2.24) is 8.96 Å². The predicted octanol–water partition coefficient (Wildman–Crippen LogP) is 5.31. The van der Waals surface area contributed by atoms with Gasteiger partial charge in [-0.15, -0.1) is 0 Å². The Morgan fingerprint density at radius 1 is 0.939 bits per heavy atom. The largest absolute Gasteiger partial charge is 0.441 e. The van der Waals surface area contributed by atoms with Crippen LogP contribution in [0.15, 0.2) is 88.2 Å². The molecule has 166 valence electrons. The van der Waals surface area contributed by atoms with E-state index >= 15 is 0 Å². The predicted molar refractivity (Wildman–Crippen MR) is 127 cm³/mol. The van der Waals surface area contributed by atoms with Crippen molar-refractivity contribution in [2.75, 3.05) is 0 Å². The zero-order valence-electron chi connectivity index (χ0n) is 18.2. The van der Waals surface area contributed by atoms with Crippen LogP contribution in [0.4, 0.5) is 0 Å². The topological polar surface area (TPSA) is 85.3 Å². The highest BCUT2D eigenvalue weighted by Crippen LogP contribution is 2.39. The van der Waals surface area contributed by atoms with Gasteiger partial charge in [-0.1, -0.05) is 42.5 Å². The van der Waals surface area contributed by atoms with Crippen LogP contribution in [0.2, 0.25) is 0 Å². The summed E-state index contributed by atoms with van der Waals surface area (Å²) in [4.78, 5) is 4.89. The molecule has 7 heteroatoms. The molecule has 0 bridgehead atoms. The highest BCUT2D eigenvalue weighted by Gasteiger charge is 2.29. The lowest BCUT2D eigenvalue weighted by Crippen LogP contribution is -2.14. The fourth-order valence-electron chi connectivity index (χ4n) is 4.10. The molecule has 33 heavy (non-hydrogen) atoms. The monoisotopic (exact) mass is 458 g/mol. The van der Waals surface area contributed by atoms with Gasteiger partial charge in [0.15, 0.2) is 0 Å². The molecule has 0 unspecified atom stereocenters. The van der Waals surface area contributed by atoms with Crippen molar-refractivity contribution in [3.63, 3.8) is 0 Å². The van der Waals surface area contributed by atoms with Gasteiger partial charge in [-0.05, 0) is 61.4 Å². The summed E-state index contributed by atoms with van der Waals surface area (Å²) in [6.45, 7) is 3.51. The van der Waals surface area contributed by atoms with E-state index < -0.39 is 10.0 Å². The minimum Gasteiger partial charge on any atom is -0.441 e. The number of hydrogen-bond acceptors (Lipinski definition) is 5. The van der Waals surface area contributed by atoms with E-state index in [1.807, 2.05) is 43.3 Å². The molecule has 0 aliphatic heterocycles.